The number of hydrogen-bond donors (Lipinski definition) is 1. The van der Waals surface area contributed by atoms with Crippen LogP contribution in [0, 0.1) is 5.82 Å². The van der Waals surface area contributed by atoms with Gasteiger partial charge in [0.1, 0.15) is 36.1 Å². The van der Waals surface area contributed by atoms with E-state index in [0.29, 0.717) is 30.3 Å². The van der Waals surface area contributed by atoms with Gasteiger partial charge in [0.15, 0.2) is 11.5 Å². The Morgan fingerprint density at radius 3 is 2.68 bits per heavy atom. The minimum absolute atomic E-state index is 0.0104. The number of aromatic nitrogens is 1. The average molecular weight is 450 g/mol. The van der Waals surface area contributed by atoms with Crippen molar-refractivity contribution in [2.24, 2.45) is 10.7 Å². The van der Waals surface area contributed by atoms with Gasteiger partial charge < -0.3 is 15.2 Å². The third-order valence-corrected chi connectivity index (χ3v) is 7.05. The van der Waals surface area contributed by atoms with Gasteiger partial charge >= 0.3 is 0 Å². The Kier molecular flexibility index (Phi) is 5.08. The lowest BCUT2D eigenvalue weighted by molar-refractivity contribution is 0.170. The third kappa shape index (κ3) is 3.92. The number of rotatable bonds is 3. The molecule has 4 rings (SSSR count). The molecule has 164 valence electrons. The molecule has 0 spiro atoms. The first-order chi connectivity index (χ1) is 14.6. The molecule has 2 N–H and O–H groups in total. The second-order valence-electron chi connectivity index (χ2n) is 7.41. The minimum Gasteiger partial charge on any atom is -0.486 e. The van der Waals surface area contributed by atoms with Gasteiger partial charge in [0, 0.05) is 18.7 Å². The zero-order chi connectivity index (χ0) is 22.4. The van der Waals surface area contributed by atoms with Crippen LogP contribution in [0.4, 0.5) is 8.78 Å². The highest BCUT2D eigenvalue weighted by Gasteiger charge is 2.41. The first-order valence-corrected chi connectivity index (χ1v) is 11.0. The molecule has 0 amide bonds. The fraction of sp³-hybridized carbons (Fsp3) is 0.300. The van der Waals surface area contributed by atoms with Gasteiger partial charge in [-0.15, -0.1) is 0 Å². The van der Waals surface area contributed by atoms with Gasteiger partial charge in [-0.3, -0.25) is 0 Å². The Hall–Kier alpha value is -3.21. The molecule has 1 aromatic heterocycles. The maximum absolute atomic E-state index is 14.9. The molecule has 8 nitrogen and oxygen atoms in total. The predicted molar refractivity (Wildman–Crippen MR) is 111 cm³/mol. The van der Waals surface area contributed by atoms with Gasteiger partial charge in [-0.2, -0.15) is 0 Å². The Morgan fingerprint density at radius 1 is 1.26 bits per heavy atom. The maximum atomic E-state index is 14.9. The highest BCUT2D eigenvalue weighted by molar-refractivity contribution is 7.89. The van der Waals surface area contributed by atoms with Crippen molar-refractivity contribution in [1.82, 2.24) is 9.29 Å². The fourth-order valence-corrected chi connectivity index (χ4v) is 4.88. The normalized spacial score (nSPS) is 22.8. The Morgan fingerprint density at radius 2 is 1.97 bits per heavy atom. The second-order valence-corrected chi connectivity index (χ2v) is 9.41. The lowest BCUT2D eigenvalue weighted by atomic mass is 9.92. The van der Waals surface area contributed by atoms with Crippen LogP contribution in [-0.4, -0.2) is 49.7 Å². The number of pyridine rings is 1. The molecule has 11 heteroatoms. The summed E-state index contributed by atoms with van der Waals surface area (Å²) in [4.78, 5) is 8.22. The molecule has 3 heterocycles. The van der Waals surface area contributed by atoms with Crippen molar-refractivity contribution in [3.05, 3.63) is 53.1 Å². The number of guanidine groups is 1. The molecule has 0 bridgehead atoms. The molecule has 0 aliphatic carbocycles. The van der Waals surface area contributed by atoms with Crippen LogP contribution in [0.15, 0.2) is 35.5 Å². The van der Waals surface area contributed by atoms with Crippen LogP contribution in [0.5, 0.6) is 11.5 Å². The summed E-state index contributed by atoms with van der Waals surface area (Å²) >= 11 is 0. The van der Waals surface area contributed by atoms with E-state index in [9.17, 15) is 17.2 Å². The zero-order valence-corrected chi connectivity index (χ0v) is 17.6. The smallest absolute Gasteiger partial charge is 0.239 e. The average Bonchev–Trinajstić information content (AvgIpc) is 2.72. The summed E-state index contributed by atoms with van der Waals surface area (Å²) in [5.74, 6) is -1.27. The van der Waals surface area contributed by atoms with Crippen molar-refractivity contribution in [2.75, 3.05) is 26.0 Å². The van der Waals surface area contributed by atoms with Gasteiger partial charge in [0.25, 0.3) is 0 Å². The Labute approximate surface area is 178 Å². The number of halogens is 2. The van der Waals surface area contributed by atoms with Crippen LogP contribution in [0.3, 0.4) is 0 Å². The SMILES string of the molecule is CN1C(N)=NC(C)(c2cc(C=C(F)c3cc4c(cn3)OCCO4)ccc2F)CS1(=O)=O. The van der Waals surface area contributed by atoms with Crippen LogP contribution in [-0.2, 0) is 15.6 Å². The van der Waals surface area contributed by atoms with Crippen LogP contribution < -0.4 is 15.2 Å². The first kappa shape index (κ1) is 21.0. The fourth-order valence-electron chi connectivity index (χ4n) is 3.43. The molecular formula is C20H20F2N4O4S. The number of nitrogens with zero attached hydrogens (tertiary/aromatic N) is 3. The molecule has 2 aliphatic heterocycles. The van der Waals surface area contributed by atoms with Gasteiger partial charge in [-0.1, -0.05) is 6.07 Å². The van der Waals surface area contributed by atoms with Gasteiger partial charge in [-0.25, -0.2) is 31.5 Å². The van der Waals surface area contributed by atoms with Crippen LogP contribution >= 0.6 is 0 Å². The number of nitrogens with two attached hydrogens (primary N) is 1. The van der Waals surface area contributed by atoms with Crippen LogP contribution in [0.2, 0.25) is 0 Å². The molecule has 1 aromatic carbocycles. The van der Waals surface area contributed by atoms with Crippen molar-refractivity contribution in [3.63, 3.8) is 0 Å². The number of hydrogen-bond acceptors (Lipinski definition) is 7. The van der Waals surface area contributed by atoms with Gasteiger partial charge in [0.2, 0.25) is 16.0 Å². The number of fused-ring (bicyclic) bond motifs is 1. The van der Waals surface area contributed by atoms with E-state index in [4.69, 9.17) is 15.2 Å². The van der Waals surface area contributed by atoms with E-state index in [-0.39, 0.29) is 17.2 Å². The molecule has 0 radical (unpaired) electrons. The molecule has 2 aromatic rings. The quantitative estimate of drug-likeness (QED) is 0.769. The molecule has 2 aliphatic rings. The Balaban J connectivity index is 1.72. The highest BCUT2D eigenvalue weighted by Crippen LogP contribution is 2.35. The van der Waals surface area contributed by atoms with Crippen molar-refractivity contribution in [2.45, 2.75) is 12.5 Å². The lowest BCUT2D eigenvalue weighted by Gasteiger charge is -2.34. The molecule has 1 atom stereocenters. The summed E-state index contributed by atoms with van der Waals surface area (Å²) < 4.78 is 66.0. The van der Waals surface area contributed by atoms with E-state index in [1.807, 2.05) is 0 Å². The minimum atomic E-state index is -3.79. The van der Waals surface area contributed by atoms with E-state index in [0.717, 1.165) is 10.4 Å². The monoisotopic (exact) mass is 450 g/mol. The highest BCUT2D eigenvalue weighted by atomic mass is 32.2. The van der Waals surface area contributed by atoms with E-state index < -0.39 is 33.0 Å². The van der Waals surface area contributed by atoms with Crippen molar-refractivity contribution < 1.29 is 26.7 Å². The summed E-state index contributed by atoms with van der Waals surface area (Å²) in [5, 5.41) is 0. The number of aliphatic imine (C=N–C) groups is 1. The maximum Gasteiger partial charge on any atom is 0.239 e. The second kappa shape index (κ2) is 7.49. The molecule has 31 heavy (non-hydrogen) atoms. The summed E-state index contributed by atoms with van der Waals surface area (Å²) in [5.41, 5.74) is 4.59. The van der Waals surface area contributed by atoms with E-state index in [1.165, 1.54) is 44.4 Å². The third-order valence-electron chi connectivity index (χ3n) is 5.10. The van der Waals surface area contributed by atoms with Crippen molar-refractivity contribution in [1.29, 1.82) is 0 Å². The van der Waals surface area contributed by atoms with Crippen LogP contribution in [0.25, 0.3) is 11.9 Å². The van der Waals surface area contributed by atoms with E-state index >= 15 is 0 Å². The summed E-state index contributed by atoms with van der Waals surface area (Å²) in [6, 6.07) is 5.27. The van der Waals surface area contributed by atoms with Gasteiger partial charge in [0.05, 0.1) is 11.9 Å². The summed E-state index contributed by atoms with van der Waals surface area (Å²) in [6.07, 6.45) is 2.54. The number of ether oxygens (including phenoxy) is 2. The zero-order valence-electron chi connectivity index (χ0n) is 16.8. The molecule has 1 unspecified atom stereocenters. The first-order valence-electron chi connectivity index (χ1n) is 9.34. The molecular weight excluding hydrogens is 430 g/mol. The number of benzene rings is 1. The van der Waals surface area contributed by atoms with Crippen molar-refractivity contribution in [3.8, 4) is 11.5 Å². The lowest BCUT2D eigenvalue weighted by Crippen LogP contribution is -2.50. The van der Waals surface area contributed by atoms with Gasteiger partial charge in [-0.05, 0) is 30.7 Å². The molecule has 0 saturated carbocycles. The van der Waals surface area contributed by atoms with E-state index in [2.05, 4.69) is 9.98 Å². The topological polar surface area (TPSA) is 107 Å². The predicted octanol–water partition coefficient (Wildman–Crippen LogP) is 2.26. The molecule has 0 saturated heterocycles. The Bertz CT molecular complexity index is 1220. The largest absolute Gasteiger partial charge is 0.486 e. The summed E-state index contributed by atoms with van der Waals surface area (Å²) in [7, 11) is -2.51. The van der Waals surface area contributed by atoms with Crippen LogP contribution in [0.1, 0.15) is 23.7 Å². The number of sulfonamides is 1. The standard InChI is InChI=1S/C20H20F2N4O4S/c1-20(11-31(27,28)26(2)19(23)25-20)13-7-12(3-4-14(13)21)8-15(22)16-9-17-18(10-24-16)30-6-5-29-17/h3-4,7-10H,5-6,11H2,1-2H3,(H2,23,25). The van der Waals surface area contributed by atoms with E-state index in [1.54, 1.807) is 0 Å². The van der Waals surface area contributed by atoms with Crippen molar-refractivity contribution >= 4 is 27.9 Å². The molecule has 0 fully saturated rings. The summed E-state index contributed by atoms with van der Waals surface area (Å²) in [6.45, 7) is 2.21.